The van der Waals surface area contributed by atoms with Crippen LogP contribution in [-0.4, -0.2) is 11.7 Å². The van der Waals surface area contributed by atoms with Gasteiger partial charge in [-0.3, -0.25) is 0 Å². The van der Waals surface area contributed by atoms with Gasteiger partial charge in [0, 0.05) is 16.6 Å². The maximum absolute atomic E-state index is 9.74. The first-order valence-electron chi connectivity index (χ1n) is 5.79. The summed E-state index contributed by atoms with van der Waals surface area (Å²) in [5, 5.41) is 13.8. The summed E-state index contributed by atoms with van der Waals surface area (Å²) in [5.41, 5.74) is 0.876. The Kier molecular flexibility index (Phi) is 3.41. The molecule has 3 heteroatoms. The molecule has 1 aliphatic rings. The molecule has 1 aromatic rings. The molecule has 1 saturated carbocycles. The number of phenolic OH excluding ortho intramolecular Hbond substituents is 1. The number of hydrogen-bond donors (Lipinski definition) is 2. The second kappa shape index (κ2) is 4.64. The van der Waals surface area contributed by atoms with E-state index in [1.54, 1.807) is 12.1 Å². The van der Waals surface area contributed by atoms with Crippen molar-refractivity contribution < 1.29 is 5.11 Å². The van der Waals surface area contributed by atoms with Gasteiger partial charge in [0.1, 0.15) is 5.75 Å². The third-order valence-corrected chi connectivity index (χ3v) is 3.65. The molecule has 1 fully saturated rings. The second-order valence-electron chi connectivity index (χ2n) is 4.81. The smallest absolute Gasteiger partial charge is 0.120 e. The number of nitrogens with one attached hydrogen (secondary N) is 1. The van der Waals surface area contributed by atoms with Crippen LogP contribution in [-0.2, 0) is 0 Å². The zero-order valence-corrected chi connectivity index (χ0v) is 10.5. The highest BCUT2D eigenvalue weighted by Crippen LogP contribution is 2.37. The summed E-state index contributed by atoms with van der Waals surface area (Å²) in [4.78, 5) is 0. The van der Waals surface area contributed by atoms with Crippen molar-refractivity contribution in [2.45, 2.75) is 26.3 Å². The van der Waals surface area contributed by atoms with Crippen molar-refractivity contribution >= 4 is 11.6 Å². The van der Waals surface area contributed by atoms with E-state index in [1.807, 2.05) is 6.07 Å². The van der Waals surface area contributed by atoms with Crippen LogP contribution in [0.4, 0.5) is 0 Å². The van der Waals surface area contributed by atoms with Crippen molar-refractivity contribution in [1.82, 2.24) is 5.32 Å². The van der Waals surface area contributed by atoms with Crippen LogP contribution in [0.2, 0.25) is 5.02 Å². The lowest BCUT2D eigenvalue weighted by Gasteiger charge is -2.15. The first-order chi connectivity index (χ1) is 7.58. The number of halogens is 1. The summed E-state index contributed by atoms with van der Waals surface area (Å²) in [6, 6.07) is 5.32. The minimum absolute atomic E-state index is 0.145. The van der Waals surface area contributed by atoms with Crippen LogP contribution in [0.15, 0.2) is 18.2 Å². The van der Waals surface area contributed by atoms with E-state index in [4.69, 9.17) is 11.6 Å². The van der Waals surface area contributed by atoms with Gasteiger partial charge in [0.25, 0.3) is 0 Å². The zero-order chi connectivity index (χ0) is 11.7. The summed E-state index contributed by atoms with van der Waals surface area (Å²) in [6.07, 6.45) is 1.32. The molecule has 0 bridgehead atoms. The van der Waals surface area contributed by atoms with Crippen molar-refractivity contribution in [3.8, 4) is 5.75 Å². The highest BCUT2D eigenvalue weighted by atomic mass is 35.5. The summed E-state index contributed by atoms with van der Waals surface area (Å²) < 4.78 is 0. The van der Waals surface area contributed by atoms with E-state index in [1.165, 1.54) is 6.42 Å². The van der Waals surface area contributed by atoms with Gasteiger partial charge >= 0.3 is 0 Å². The van der Waals surface area contributed by atoms with Crippen LogP contribution in [0, 0.1) is 11.8 Å². The summed E-state index contributed by atoms with van der Waals surface area (Å²) >= 11 is 5.92. The molecule has 0 heterocycles. The van der Waals surface area contributed by atoms with Gasteiger partial charge in [-0.05, 0) is 49.9 Å². The largest absolute Gasteiger partial charge is 0.508 e. The fourth-order valence-electron chi connectivity index (χ4n) is 1.99. The van der Waals surface area contributed by atoms with Gasteiger partial charge in [0.05, 0.1) is 0 Å². The molecule has 16 heavy (non-hydrogen) atoms. The van der Waals surface area contributed by atoms with Crippen LogP contribution in [0.1, 0.15) is 31.9 Å². The maximum atomic E-state index is 9.74. The van der Waals surface area contributed by atoms with Gasteiger partial charge in [-0.1, -0.05) is 18.5 Å². The summed E-state index contributed by atoms with van der Waals surface area (Å²) in [6.45, 7) is 5.35. The Bertz CT molecular complexity index is 380. The highest BCUT2D eigenvalue weighted by molar-refractivity contribution is 6.30. The van der Waals surface area contributed by atoms with Gasteiger partial charge in [-0.25, -0.2) is 0 Å². The Balaban J connectivity index is 1.96. The predicted molar refractivity (Wildman–Crippen MR) is 66.8 cm³/mol. The highest BCUT2D eigenvalue weighted by Gasteiger charge is 2.32. The van der Waals surface area contributed by atoms with E-state index in [2.05, 4.69) is 19.2 Å². The molecular formula is C13H18ClNO. The Labute approximate surface area is 102 Å². The van der Waals surface area contributed by atoms with Crippen LogP contribution < -0.4 is 5.32 Å². The lowest BCUT2D eigenvalue weighted by Crippen LogP contribution is -2.21. The van der Waals surface area contributed by atoms with E-state index in [0.717, 1.165) is 23.9 Å². The van der Waals surface area contributed by atoms with Crippen molar-refractivity contribution in [2.24, 2.45) is 11.8 Å². The third-order valence-electron chi connectivity index (χ3n) is 3.42. The standard InChI is InChI=1S/C13H18ClNO/c1-8-5-10(8)7-15-9(2)12-6-11(14)3-4-13(12)16/h3-4,6,8-10,15-16H,5,7H2,1-2H3. The molecule has 0 aliphatic heterocycles. The molecule has 1 aromatic carbocycles. The Morgan fingerprint density at radius 3 is 2.88 bits per heavy atom. The van der Waals surface area contributed by atoms with Gasteiger partial charge in [0.2, 0.25) is 0 Å². The van der Waals surface area contributed by atoms with Crippen molar-refractivity contribution in [3.05, 3.63) is 28.8 Å². The molecule has 0 amide bonds. The van der Waals surface area contributed by atoms with E-state index in [9.17, 15) is 5.11 Å². The third kappa shape index (κ3) is 2.69. The van der Waals surface area contributed by atoms with E-state index in [-0.39, 0.29) is 6.04 Å². The lowest BCUT2D eigenvalue weighted by molar-refractivity contribution is 0.449. The maximum Gasteiger partial charge on any atom is 0.120 e. The number of benzene rings is 1. The van der Waals surface area contributed by atoms with Crippen molar-refractivity contribution in [1.29, 1.82) is 0 Å². The molecule has 1 aliphatic carbocycles. The second-order valence-corrected chi connectivity index (χ2v) is 5.24. The Hall–Kier alpha value is -0.730. The van der Waals surface area contributed by atoms with E-state index in [0.29, 0.717) is 10.8 Å². The van der Waals surface area contributed by atoms with Crippen LogP contribution in [0.25, 0.3) is 0 Å². The minimum Gasteiger partial charge on any atom is -0.508 e. The van der Waals surface area contributed by atoms with Crippen molar-refractivity contribution in [2.75, 3.05) is 6.54 Å². The van der Waals surface area contributed by atoms with Gasteiger partial charge in [-0.2, -0.15) is 0 Å². The average molecular weight is 240 g/mol. The molecule has 2 rings (SSSR count). The molecule has 2 N–H and O–H groups in total. The Morgan fingerprint density at radius 2 is 2.25 bits per heavy atom. The molecule has 2 nitrogen and oxygen atoms in total. The van der Waals surface area contributed by atoms with Gasteiger partial charge < -0.3 is 10.4 Å². The van der Waals surface area contributed by atoms with E-state index >= 15 is 0 Å². The fourth-order valence-corrected chi connectivity index (χ4v) is 2.17. The first-order valence-corrected chi connectivity index (χ1v) is 6.17. The fraction of sp³-hybridized carbons (Fsp3) is 0.538. The quantitative estimate of drug-likeness (QED) is 0.845. The minimum atomic E-state index is 0.145. The molecule has 0 aromatic heterocycles. The molecule has 0 radical (unpaired) electrons. The summed E-state index contributed by atoms with van der Waals surface area (Å²) in [5.74, 6) is 1.98. The number of aromatic hydroxyl groups is 1. The molecule has 3 atom stereocenters. The van der Waals surface area contributed by atoms with Crippen molar-refractivity contribution in [3.63, 3.8) is 0 Å². The molecule has 0 saturated heterocycles. The number of hydrogen-bond acceptors (Lipinski definition) is 2. The monoisotopic (exact) mass is 239 g/mol. The average Bonchev–Trinajstić information content (AvgIpc) is 2.95. The lowest BCUT2D eigenvalue weighted by atomic mass is 10.1. The number of phenols is 1. The Morgan fingerprint density at radius 1 is 1.56 bits per heavy atom. The normalized spacial score (nSPS) is 25.4. The molecular weight excluding hydrogens is 222 g/mol. The number of rotatable bonds is 4. The van der Waals surface area contributed by atoms with Gasteiger partial charge in [-0.15, -0.1) is 0 Å². The van der Waals surface area contributed by atoms with E-state index < -0.39 is 0 Å². The van der Waals surface area contributed by atoms with Crippen LogP contribution in [0.5, 0.6) is 5.75 Å². The molecule has 3 unspecified atom stereocenters. The van der Waals surface area contributed by atoms with Crippen LogP contribution >= 0.6 is 11.6 Å². The topological polar surface area (TPSA) is 32.3 Å². The first kappa shape index (κ1) is 11.7. The summed E-state index contributed by atoms with van der Waals surface area (Å²) in [7, 11) is 0. The molecule has 88 valence electrons. The zero-order valence-electron chi connectivity index (χ0n) is 9.70. The van der Waals surface area contributed by atoms with Crippen LogP contribution in [0.3, 0.4) is 0 Å². The van der Waals surface area contributed by atoms with Gasteiger partial charge in [0.15, 0.2) is 0 Å². The molecule has 0 spiro atoms. The SMILES string of the molecule is CC(NCC1CC1C)c1cc(Cl)ccc1O. The predicted octanol–water partition coefficient (Wildman–Crippen LogP) is 3.35.